The number of sulfone groups is 1. The van der Waals surface area contributed by atoms with Crippen molar-refractivity contribution in [3.63, 3.8) is 0 Å². The summed E-state index contributed by atoms with van der Waals surface area (Å²) < 4.78 is 34.1. The maximum atomic E-state index is 11.8. The molecule has 0 saturated carbocycles. The van der Waals surface area contributed by atoms with Gasteiger partial charge in [0, 0.05) is 24.8 Å². The molecule has 0 bridgehead atoms. The lowest BCUT2D eigenvalue weighted by Crippen LogP contribution is -2.37. The summed E-state index contributed by atoms with van der Waals surface area (Å²) in [5, 5.41) is 6.34. The predicted octanol–water partition coefficient (Wildman–Crippen LogP) is 1.06. The van der Waals surface area contributed by atoms with E-state index in [0.717, 1.165) is 11.4 Å². The number of aromatic nitrogens is 3. The summed E-state index contributed by atoms with van der Waals surface area (Å²) in [5.74, 6) is 2.30. The molecule has 2 aliphatic rings. The molecule has 0 radical (unpaired) electrons. The van der Waals surface area contributed by atoms with Crippen LogP contribution in [0.4, 0.5) is 23.5 Å². The number of methoxy groups -OCH3 is 1. The van der Waals surface area contributed by atoms with Gasteiger partial charge in [0.1, 0.15) is 5.75 Å². The fourth-order valence-corrected chi connectivity index (χ4v) is 4.96. The fraction of sp³-hybridized carbons (Fsp3) is 0.500. The molecule has 0 amide bonds. The molecular weight excluding hydrogens is 396 g/mol. The van der Waals surface area contributed by atoms with E-state index >= 15 is 0 Å². The van der Waals surface area contributed by atoms with Gasteiger partial charge in [-0.2, -0.15) is 15.0 Å². The van der Waals surface area contributed by atoms with Gasteiger partial charge >= 0.3 is 0 Å². The Kier molecular flexibility index (Phi) is 5.67. The Morgan fingerprint density at radius 3 is 2.48 bits per heavy atom. The van der Waals surface area contributed by atoms with E-state index in [4.69, 9.17) is 9.47 Å². The summed E-state index contributed by atoms with van der Waals surface area (Å²) in [5.41, 5.74) is 0.805. The van der Waals surface area contributed by atoms with Crippen LogP contribution in [0, 0.1) is 0 Å². The van der Waals surface area contributed by atoms with E-state index in [1.165, 1.54) is 0 Å². The minimum absolute atomic E-state index is 0.0901. The number of hydrogen-bond acceptors (Lipinski definition) is 10. The summed E-state index contributed by atoms with van der Waals surface area (Å²) in [7, 11) is -1.38. The summed E-state index contributed by atoms with van der Waals surface area (Å²) >= 11 is 0. The molecule has 1 aromatic heterocycles. The van der Waals surface area contributed by atoms with Crippen molar-refractivity contribution in [1.82, 2.24) is 15.0 Å². The smallest absolute Gasteiger partial charge is 0.233 e. The van der Waals surface area contributed by atoms with E-state index in [-0.39, 0.29) is 17.5 Å². The predicted molar refractivity (Wildman–Crippen MR) is 110 cm³/mol. The quantitative estimate of drug-likeness (QED) is 0.702. The van der Waals surface area contributed by atoms with Crippen LogP contribution in [0.2, 0.25) is 0 Å². The van der Waals surface area contributed by atoms with Crippen molar-refractivity contribution in [2.45, 2.75) is 12.5 Å². The minimum atomic E-state index is -3.00. The van der Waals surface area contributed by atoms with E-state index in [9.17, 15) is 8.42 Å². The molecule has 2 saturated heterocycles. The van der Waals surface area contributed by atoms with Gasteiger partial charge in [0.15, 0.2) is 9.84 Å². The third-order valence-corrected chi connectivity index (χ3v) is 6.60. The van der Waals surface area contributed by atoms with E-state index in [1.54, 1.807) is 7.11 Å². The zero-order valence-electron chi connectivity index (χ0n) is 16.2. The van der Waals surface area contributed by atoms with Crippen LogP contribution in [0.5, 0.6) is 5.75 Å². The first-order valence-corrected chi connectivity index (χ1v) is 11.3. The fourth-order valence-electron chi connectivity index (χ4n) is 3.28. The first-order valence-electron chi connectivity index (χ1n) is 9.47. The molecule has 29 heavy (non-hydrogen) atoms. The molecule has 2 aromatic rings. The number of morpholine rings is 1. The van der Waals surface area contributed by atoms with Gasteiger partial charge in [0.05, 0.1) is 31.8 Å². The van der Waals surface area contributed by atoms with Crippen molar-refractivity contribution in [1.29, 1.82) is 0 Å². The molecule has 4 rings (SSSR count). The van der Waals surface area contributed by atoms with Crippen LogP contribution in [-0.2, 0) is 14.6 Å². The SMILES string of the molecule is COc1ccc(Nc2nc(NC3CCS(=O)(=O)C3)nc(N3CCOCC3)n2)cc1. The molecule has 3 heterocycles. The Bertz CT molecular complexity index is 947. The zero-order valence-corrected chi connectivity index (χ0v) is 17.0. The third-order valence-electron chi connectivity index (χ3n) is 4.83. The van der Waals surface area contributed by atoms with E-state index in [0.29, 0.717) is 50.6 Å². The van der Waals surface area contributed by atoms with Gasteiger partial charge in [-0.05, 0) is 30.7 Å². The van der Waals surface area contributed by atoms with E-state index in [2.05, 4.69) is 25.6 Å². The maximum Gasteiger partial charge on any atom is 0.233 e. The second-order valence-electron chi connectivity index (χ2n) is 6.98. The molecular formula is C18H24N6O4S. The Morgan fingerprint density at radius 1 is 1.10 bits per heavy atom. The number of anilines is 4. The number of hydrogen-bond donors (Lipinski definition) is 2. The van der Waals surface area contributed by atoms with Crippen LogP contribution in [0.25, 0.3) is 0 Å². The Balaban J connectivity index is 1.58. The largest absolute Gasteiger partial charge is 0.497 e. The molecule has 1 atom stereocenters. The van der Waals surface area contributed by atoms with Crippen LogP contribution < -0.4 is 20.3 Å². The molecule has 2 aliphatic heterocycles. The van der Waals surface area contributed by atoms with Crippen molar-refractivity contribution in [3.05, 3.63) is 24.3 Å². The number of rotatable bonds is 6. The highest BCUT2D eigenvalue weighted by Crippen LogP contribution is 2.22. The molecule has 1 aromatic carbocycles. The lowest BCUT2D eigenvalue weighted by Gasteiger charge is -2.27. The molecule has 2 fully saturated rings. The second-order valence-corrected chi connectivity index (χ2v) is 9.21. The monoisotopic (exact) mass is 420 g/mol. The van der Waals surface area contributed by atoms with Gasteiger partial charge in [0.2, 0.25) is 17.8 Å². The van der Waals surface area contributed by atoms with Crippen molar-refractivity contribution in [3.8, 4) is 5.75 Å². The first kappa shape index (κ1) is 19.6. The van der Waals surface area contributed by atoms with Crippen LogP contribution in [0.15, 0.2) is 24.3 Å². The van der Waals surface area contributed by atoms with Crippen molar-refractivity contribution in [2.75, 3.05) is 60.5 Å². The first-order chi connectivity index (χ1) is 14.0. The van der Waals surface area contributed by atoms with Gasteiger partial charge in [-0.3, -0.25) is 0 Å². The minimum Gasteiger partial charge on any atom is -0.497 e. The van der Waals surface area contributed by atoms with Gasteiger partial charge in [-0.1, -0.05) is 0 Å². The molecule has 156 valence electrons. The highest BCUT2D eigenvalue weighted by Gasteiger charge is 2.28. The number of benzene rings is 1. The molecule has 0 spiro atoms. The summed E-state index contributed by atoms with van der Waals surface area (Å²) in [6.45, 7) is 2.58. The number of ether oxygens (including phenoxy) is 2. The molecule has 2 N–H and O–H groups in total. The Labute approximate surface area is 169 Å². The van der Waals surface area contributed by atoms with Crippen molar-refractivity contribution in [2.24, 2.45) is 0 Å². The Hall–Kier alpha value is -2.66. The number of nitrogens with one attached hydrogen (secondary N) is 2. The highest BCUT2D eigenvalue weighted by atomic mass is 32.2. The average molecular weight is 420 g/mol. The highest BCUT2D eigenvalue weighted by molar-refractivity contribution is 7.91. The second kappa shape index (κ2) is 8.37. The van der Waals surface area contributed by atoms with Gasteiger partial charge in [-0.15, -0.1) is 0 Å². The molecule has 0 aliphatic carbocycles. The van der Waals surface area contributed by atoms with Gasteiger partial charge in [0.25, 0.3) is 0 Å². The molecule has 10 nitrogen and oxygen atoms in total. The lowest BCUT2D eigenvalue weighted by atomic mass is 10.3. The Morgan fingerprint density at radius 2 is 1.83 bits per heavy atom. The average Bonchev–Trinajstić information content (AvgIpc) is 3.07. The standard InChI is InChI=1S/C18H24N6O4S/c1-27-15-4-2-13(3-5-15)19-16-21-17(20-14-6-11-29(25,26)12-14)23-18(22-16)24-7-9-28-10-8-24/h2-5,14H,6-12H2,1H3,(H2,19,20,21,22,23). The van der Waals surface area contributed by atoms with Crippen LogP contribution in [0.3, 0.4) is 0 Å². The van der Waals surface area contributed by atoms with Gasteiger partial charge < -0.3 is 25.0 Å². The lowest BCUT2D eigenvalue weighted by molar-refractivity contribution is 0.122. The third kappa shape index (κ3) is 5.04. The van der Waals surface area contributed by atoms with Crippen LogP contribution in [-0.4, -0.2) is 74.3 Å². The van der Waals surface area contributed by atoms with Gasteiger partial charge in [-0.25, -0.2) is 8.42 Å². The summed E-state index contributed by atoms with van der Waals surface area (Å²) in [4.78, 5) is 15.5. The summed E-state index contributed by atoms with van der Waals surface area (Å²) in [6, 6.07) is 7.22. The maximum absolute atomic E-state index is 11.8. The summed E-state index contributed by atoms with van der Waals surface area (Å²) in [6.07, 6.45) is 0.544. The molecule has 1 unspecified atom stereocenters. The molecule has 11 heteroatoms. The van der Waals surface area contributed by atoms with E-state index < -0.39 is 9.84 Å². The van der Waals surface area contributed by atoms with E-state index in [1.807, 2.05) is 29.2 Å². The number of nitrogens with zero attached hydrogens (tertiary/aromatic N) is 4. The zero-order chi connectivity index (χ0) is 20.3. The van der Waals surface area contributed by atoms with Crippen LogP contribution >= 0.6 is 0 Å². The topological polar surface area (TPSA) is 119 Å². The van der Waals surface area contributed by atoms with Crippen molar-refractivity contribution < 1.29 is 17.9 Å². The normalized spacial score (nSPS) is 21.0. The van der Waals surface area contributed by atoms with Crippen LogP contribution in [0.1, 0.15) is 6.42 Å². The van der Waals surface area contributed by atoms with Crippen molar-refractivity contribution >= 4 is 33.4 Å².